The number of aryl methyl sites for hydroxylation is 1. The van der Waals surface area contributed by atoms with Crippen LogP contribution in [0.5, 0.6) is 0 Å². The smallest absolute Gasteiger partial charge is 0.191 e. The van der Waals surface area contributed by atoms with Gasteiger partial charge in [0.15, 0.2) is 5.96 Å². The van der Waals surface area contributed by atoms with Gasteiger partial charge in [0, 0.05) is 45.4 Å². The van der Waals surface area contributed by atoms with Crippen LogP contribution in [0.15, 0.2) is 40.2 Å². The summed E-state index contributed by atoms with van der Waals surface area (Å²) in [6, 6.07) is 4.10. The van der Waals surface area contributed by atoms with Crippen molar-refractivity contribution in [2.75, 3.05) is 34.2 Å². The molecular weight excluding hydrogens is 292 g/mol. The zero-order chi connectivity index (χ0) is 16.7. The Morgan fingerprint density at radius 1 is 1.43 bits per heavy atom. The fourth-order valence-corrected chi connectivity index (χ4v) is 2.38. The van der Waals surface area contributed by atoms with E-state index in [0.29, 0.717) is 0 Å². The molecule has 23 heavy (non-hydrogen) atoms. The Kier molecular flexibility index (Phi) is 6.22. The van der Waals surface area contributed by atoms with Crippen molar-refractivity contribution in [1.82, 2.24) is 25.3 Å². The highest BCUT2D eigenvalue weighted by molar-refractivity contribution is 5.79. The molecule has 0 radical (unpaired) electrons. The molecule has 2 aromatic heterocycles. The summed E-state index contributed by atoms with van der Waals surface area (Å²) in [6.07, 6.45) is 6.46. The van der Waals surface area contributed by atoms with Gasteiger partial charge in [-0.1, -0.05) is 0 Å². The third-order valence-electron chi connectivity index (χ3n) is 3.66. The van der Waals surface area contributed by atoms with Crippen LogP contribution in [0, 0.1) is 0 Å². The number of guanidine groups is 1. The van der Waals surface area contributed by atoms with Crippen LogP contribution in [0.3, 0.4) is 0 Å². The summed E-state index contributed by atoms with van der Waals surface area (Å²) in [6.45, 7) is 1.52. The second-order valence-corrected chi connectivity index (χ2v) is 5.64. The highest BCUT2D eigenvalue weighted by atomic mass is 16.3. The van der Waals surface area contributed by atoms with Crippen LogP contribution in [0.4, 0.5) is 0 Å². The molecule has 0 saturated heterocycles. The second kappa shape index (κ2) is 8.38. The average Bonchev–Trinajstić information content (AvgIpc) is 3.17. The predicted molar refractivity (Wildman–Crippen MR) is 91.4 cm³/mol. The van der Waals surface area contributed by atoms with E-state index < -0.39 is 0 Å². The summed E-state index contributed by atoms with van der Waals surface area (Å²) in [5.41, 5.74) is 1.18. The van der Waals surface area contributed by atoms with E-state index in [1.807, 2.05) is 36.3 Å². The monoisotopic (exact) mass is 318 g/mol. The van der Waals surface area contributed by atoms with Gasteiger partial charge in [0.2, 0.25) is 0 Å². The summed E-state index contributed by atoms with van der Waals surface area (Å²) in [4.78, 5) is 6.43. The summed E-state index contributed by atoms with van der Waals surface area (Å²) < 4.78 is 7.14. The van der Waals surface area contributed by atoms with Crippen molar-refractivity contribution in [3.05, 3.63) is 42.1 Å². The molecule has 1 unspecified atom stereocenters. The van der Waals surface area contributed by atoms with Crippen molar-refractivity contribution >= 4 is 5.96 Å². The van der Waals surface area contributed by atoms with Gasteiger partial charge in [-0.3, -0.25) is 9.67 Å². The standard InChI is InChI=1S/C16H26N6O/c1-17-16(18-8-7-14-6-5-9-23-14)19-11-15(21(2)3)13-10-20-22(4)12-13/h5-6,9-10,12,15H,7-8,11H2,1-4H3,(H2,17,18,19). The molecule has 1 atom stereocenters. The van der Waals surface area contributed by atoms with E-state index in [1.54, 1.807) is 13.3 Å². The lowest BCUT2D eigenvalue weighted by molar-refractivity contribution is 0.298. The molecule has 0 saturated carbocycles. The van der Waals surface area contributed by atoms with E-state index in [1.165, 1.54) is 5.56 Å². The first-order valence-electron chi connectivity index (χ1n) is 7.72. The van der Waals surface area contributed by atoms with Crippen molar-refractivity contribution in [2.45, 2.75) is 12.5 Å². The van der Waals surface area contributed by atoms with Crippen molar-refractivity contribution in [2.24, 2.45) is 12.0 Å². The van der Waals surface area contributed by atoms with E-state index in [9.17, 15) is 0 Å². The Labute approximate surface area is 137 Å². The molecule has 0 amide bonds. The number of nitrogens with one attached hydrogen (secondary N) is 2. The van der Waals surface area contributed by atoms with Crippen LogP contribution in [0.1, 0.15) is 17.4 Å². The van der Waals surface area contributed by atoms with E-state index in [4.69, 9.17) is 4.42 Å². The molecule has 7 heteroatoms. The van der Waals surface area contributed by atoms with Crippen LogP contribution in [0.2, 0.25) is 0 Å². The van der Waals surface area contributed by atoms with Crippen LogP contribution >= 0.6 is 0 Å². The van der Waals surface area contributed by atoms with Crippen LogP contribution in [0.25, 0.3) is 0 Å². The molecule has 2 N–H and O–H groups in total. The molecule has 2 rings (SSSR count). The van der Waals surface area contributed by atoms with Crippen LogP contribution in [-0.4, -0.2) is 54.9 Å². The number of furan rings is 1. The molecular formula is C16H26N6O. The molecule has 0 bridgehead atoms. The molecule has 0 spiro atoms. The Morgan fingerprint density at radius 2 is 2.26 bits per heavy atom. The maximum atomic E-state index is 5.32. The Balaban J connectivity index is 1.83. The quantitative estimate of drug-likeness (QED) is 0.589. The Hall–Kier alpha value is -2.28. The SMILES string of the molecule is CN=C(NCCc1ccco1)NCC(c1cnn(C)c1)N(C)C. The molecule has 2 aromatic rings. The highest BCUT2D eigenvalue weighted by Crippen LogP contribution is 2.15. The molecule has 126 valence electrons. The van der Waals surface area contributed by atoms with Gasteiger partial charge >= 0.3 is 0 Å². The minimum absolute atomic E-state index is 0.229. The summed E-state index contributed by atoms with van der Waals surface area (Å²) in [5.74, 6) is 1.75. The lowest BCUT2D eigenvalue weighted by Crippen LogP contribution is -2.42. The number of rotatable bonds is 7. The second-order valence-electron chi connectivity index (χ2n) is 5.64. The number of hydrogen-bond acceptors (Lipinski definition) is 4. The van der Waals surface area contributed by atoms with Crippen molar-refractivity contribution < 1.29 is 4.42 Å². The van der Waals surface area contributed by atoms with Gasteiger partial charge in [0.25, 0.3) is 0 Å². The Morgan fingerprint density at radius 3 is 2.83 bits per heavy atom. The third kappa shape index (κ3) is 5.14. The van der Waals surface area contributed by atoms with E-state index in [2.05, 4.69) is 39.7 Å². The van der Waals surface area contributed by atoms with Gasteiger partial charge in [0.1, 0.15) is 5.76 Å². The topological polar surface area (TPSA) is 70.6 Å². The molecule has 0 aromatic carbocycles. The maximum absolute atomic E-state index is 5.32. The van der Waals surface area contributed by atoms with E-state index in [-0.39, 0.29) is 6.04 Å². The number of hydrogen-bond donors (Lipinski definition) is 2. The number of aromatic nitrogens is 2. The van der Waals surface area contributed by atoms with Gasteiger partial charge in [-0.05, 0) is 26.2 Å². The first kappa shape index (κ1) is 17.1. The van der Waals surface area contributed by atoms with Crippen molar-refractivity contribution in [3.8, 4) is 0 Å². The molecule has 0 fully saturated rings. The lowest BCUT2D eigenvalue weighted by Gasteiger charge is -2.24. The zero-order valence-corrected chi connectivity index (χ0v) is 14.3. The summed E-state index contributed by atoms with van der Waals surface area (Å²) in [7, 11) is 7.83. The number of aliphatic imine (C=N–C) groups is 1. The lowest BCUT2D eigenvalue weighted by atomic mass is 10.1. The van der Waals surface area contributed by atoms with Gasteiger partial charge < -0.3 is 20.0 Å². The van der Waals surface area contributed by atoms with Gasteiger partial charge in [-0.25, -0.2) is 0 Å². The highest BCUT2D eigenvalue weighted by Gasteiger charge is 2.16. The van der Waals surface area contributed by atoms with Crippen LogP contribution < -0.4 is 10.6 Å². The molecule has 2 heterocycles. The maximum Gasteiger partial charge on any atom is 0.191 e. The van der Waals surface area contributed by atoms with Crippen molar-refractivity contribution in [3.63, 3.8) is 0 Å². The zero-order valence-electron chi connectivity index (χ0n) is 14.3. The summed E-state index contributed by atoms with van der Waals surface area (Å²) in [5, 5.41) is 10.9. The number of likely N-dealkylation sites (N-methyl/N-ethyl adjacent to an activating group) is 1. The molecule has 0 aliphatic carbocycles. The average molecular weight is 318 g/mol. The molecule has 0 aliphatic rings. The minimum Gasteiger partial charge on any atom is -0.469 e. The van der Waals surface area contributed by atoms with E-state index >= 15 is 0 Å². The summed E-state index contributed by atoms with van der Waals surface area (Å²) >= 11 is 0. The Bertz CT molecular complexity index is 602. The van der Waals surface area contributed by atoms with Gasteiger partial charge in [-0.2, -0.15) is 5.10 Å². The molecule has 7 nitrogen and oxygen atoms in total. The van der Waals surface area contributed by atoms with Crippen molar-refractivity contribution in [1.29, 1.82) is 0 Å². The van der Waals surface area contributed by atoms with E-state index in [0.717, 1.165) is 31.2 Å². The largest absolute Gasteiger partial charge is 0.469 e. The first-order valence-corrected chi connectivity index (χ1v) is 7.72. The molecule has 0 aliphatic heterocycles. The van der Waals surface area contributed by atoms with Gasteiger partial charge in [0.05, 0.1) is 18.5 Å². The fraction of sp³-hybridized carbons (Fsp3) is 0.500. The van der Waals surface area contributed by atoms with Gasteiger partial charge in [-0.15, -0.1) is 0 Å². The first-order chi connectivity index (χ1) is 11.1. The normalized spacial score (nSPS) is 13.3. The number of nitrogens with zero attached hydrogens (tertiary/aromatic N) is 4. The third-order valence-corrected chi connectivity index (χ3v) is 3.66. The fourth-order valence-electron chi connectivity index (χ4n) is 2.38. The minimum atomic E-state index is 0.229. The van der Waals surface area contributed by atoms with Crippen LogP contribution in [-0.2, 0) is 13.5 Å². The predicted octanol–water partition coefficient (Wildman–Crippen LogP) is 1.02.